The molecule has 1 aromatic heterocycles. The molecule has 128 valence electrons. The van der Waals surface area contributed by atoms with Gasteiger partial charge >= 0.3 is 0 Å². The molecule has 0 saturated heterocycles. The number of hydrogen-bond donors (Lipinski definition) is 1. The molecule has 0 aliphatic rings. The molecule has 1 N–H and O–H groups in total. The fourth-order valence-corrected chi connectivity index (χ4v) is 2.80. The summed E-state index contributed by atoms with van der Waals surface area (Å²) in [7, 11) is 1.73. The molecule has 2 rings (SSSR count). The molecule has 1 aromatic carbocycles. The van der Waals surface area contributed by atoms with Crippen molar-refractivity contribution in [3.05, 3.63) is 29.8 Å². The van der Waals surface area contributed by atoms with Gasteiger partial charge in [-0.2, -0.15) is 0 Å². The fraction of sp³-hybridized carbons (Fsp3) is 0.438. The minimum atomic E-state index is -0.0103. The normalized spacial score (nSPS) is 10.6. The van der Waals surface area contributed by atoms with Crippen molar-refractivity contribution in [1.29, 1.82) is 0 Å². The first kappa shape index (κ1) is 18.1. The number of rotatable bonds is 9. The zero-order chi connectivity index (χ0) is 17.4. The number of Topliss-reactive ketones (excluding diaryl/α,β-unsaturated/α-hetero) is 1. The van der Waals surface area contributed by atoms with Gasteiger partial charge in [-0.25, -0.2) is 4.68 Å². The van der Waals surface area contributed by atoms with Gasteiger partial charge < -0.3 is 5.32 Å². The maximum atomic E-state index is 12.2. The van der Waals surface area contributed by atoms with Gasteiger partial charge in [0.2, 0.25) is 11.1 Å². The lowest BCUT2D eigenvalue weighted by molar-refractivity contribution is -0.116. The molecule has 1 heterocycles. The lowest BCUT2D eigenvalue weighted by Crippen LogP contribution is -2.11. The smallest absolute Gasteiger partial charge is 0.224 e. The molecular formula is C16H21N5O2S. The van der Waals surface area contributed by atoms with Crippen LogP contribution in [0.3, 0.4) is 0 Å². The highest BCUT2D eigenvalue weighted by Crippen LogP contribution is 2.16. The molecule has 0 radical (unpaired) electrons. The number of aryl methyl sites for hydroxylation is 1. The van der Waals surface area contributed by atoms with Crippen LogP contribution in [0.5, 0.6) is 0 Å². The molecule has 0 aliphatic heterocycles. The van der Waals surface area contributed by atoms with Crippen molar-refractivity contribution in [2.45, 2.75) is 37.8 Å². The molecule has 1 amide bonds. The van der Waals surface area contributed by atoms with E-state index in [0.29, 0.717) is 22.8 Å². The summed E-state index contributed by atoms with van der Waals surface area (Å²) in [6, 6.07) is 6.94. The average molecular weight is 347 g/mol. The Kier molecular flexibility index (Phi) is 6.92. The maximum Gasteiger partial charge on any atom is 0.224 e. The molecule has 0 spiro atoms. The average Bonchev–Trinajstić information content (AvgIpc) is 2.98. The zero-order valence-corrected chi connectivity index (χ0v) is 14.7. The van der Waals surface area contributed by atoms with E-state index in [9.17, 15) is 9.59 Å². The number of benzene rings is 1. The minimum absolute atomic E-state index is 0.00728. The molecule has 0 saturated carbocycles. The van der Waals surface area contributed by atoms with Crippen LogP contribution < -0.4 is 5.32 Å². The Bertz CT molecular complexity index is 684. The predicted octanol–water partition coefficient (Wildman–Crippen LogP) is 2.70. The summed E-state index contributed by atoms with van der Waals surface area (Å²) < 4.78 is 1.52. The van der Waals surface area contributed by atoms with Gasteiger partial charge in [-0.05, 0) is 41.1 Å². The van der Waals surface area contributed by atoms with Crippen LogP contribution >= 0.6 is 11.8 Å². The molecule has 24 heavy (non-hydrogen) atoms. The Morgan fingerprint density at radius 1 is 1.21 bits per heavy atom. The minimum Gasteiger partial charge on any atom is -0.326 e. The SMILES string of the molecule is CCCCCC(=O)Nc1ccc(C(=O)CSc2nnnn2C)cc1. The Labute approximate surface area is 145 Å². The number of nitrogens with zero attached hydrogens (tertiary/aromatic N) is 4. The van der Waals surface area contributed by atoms with E-state index in [1.165, 1.54) is 16.4 Å². The summed E-state index contributed by atoms with van der Waals surface area (Å²) in [5.74, 6) is 0.258. The number of anilines is 1. The second-order valence-electron chi connectivity index (χ2n) is 5.38. The first-order valence-corrected chi connectivity index (χ1v) is 8.87. The number of aromatic nitrogens is 4. The lowest BCUT2D eigenvalue weighted by atomic mass is 10.1. The van der Waals surface area contributed by atoms with Crippen LogP contribution in [-0.2, 0) is 11.8 Å². The second kappa shape index (κ2) is 9.17. The fourth-order valence-electron chi connectivity index (χ4n) is 2.06. The third-order valence-electron chi connectivity index (χ3n) is 3.41. The van der Waals surface area contributed by atoms with Crippen molar-refractivity contribution in [3.63, 3.8) is 0 Å². The van der Waals surface area contributed by atoms with Crippen molar-refractivity contribution >= 4 is 29.1 Å². The Hall–Kier alpha value is -2.22. The third kappa shape index (κ3) is 5.45. The number of hydrogen-bond acceptors (Lipinski definition) is 6. The van der Waals surface area contributed by atoms with Gasteiger partial charge in [0.25, 0.3) is 0 Å². The summed E-state index contributed by atoms with van der Waals surface area (Å²) >= 11 is 1.29. The van der Waals surface area contributed by atoms with E-state index < -0.39 is 0 Å². The highest BCUT2D eigenvalue weighted by molar-refractivity contribution is 7.99. The first-order valence-electron chi connectivity index (χ1n) is 7.88. The van der Waals surface area contributed by atoms with Gasteiger partial charge in [0, 0.05) is 24.7 Å². The van der Waals surface area contributed by atoms with Gasteiger partial charge in [-0.15, -0.1) is 5.10 Å². The van der Waals surface area contributed by atoms with Crippen molar-refractivity contribution < 1.29 is 9.59 Å². The van der Waals surface area contributed by atoms with E-state index in [-0.39, 0.29) is 17.4 Å². The van der Waals surface area contributed by atoms with E-state index in [0.717, 1.165) is 19.3 Å². The summed E-state index contributed by atoms with van der Waals surface area (Å²) in [5.41, 5.74) is 1.31. The molecule has 0 unspecified atom stereocenters. The van der Waals surface area contributed by atoms with Crippen molar-refractivity contribution in [3.8, 4) is 0 Å². The van der Waals surface area contributed by atoms with E-state index >= 15 is 0 Å². The van der Waals surface area contributed by atoms with Gasteiger partial charge in [-0.1, -0.05) is 31.5 Å². The van der Waals surface area contributed by atoms with Crippen molar-refractivity contribution in [2.24, 2.45) is 7.05 Å². The standard InChI is InChI=1S/C16H21N5O2S/c1-3-4-5-6-15(23)17-13-9-7-12(8-10-13)14(22)11-24-16-18-19-20-21(16)2/h7-10H,3-6,11H2,1-2H3,(H,17,23). The summed E-state index contributed by atoms with van der Waals surface area (Å²) in [4.78, 5) is 23.9. The largest absolute Gasteiger partial charge is 0.326 e. The van der Waals surface area contributed by atoms with Crippen LogP contribution in [-0.4, -0.2) is 37.7 Å². The Morgan fingerprint density at radius 2 is 1.96 bits per heavy atom. The van der Waals surface area contributed by atoms with E-state index in [4.69, 9.17) is 0 Å². The molecule has 7 nitrogen and oxygen atoms in total. The quantitative estimate of drug-likeness (QED) is 0.426. The number of carbonyl (C=O) groups is 2. The number of thioether (sulfide) groups is 1. The number of nitrogens with one attached hydrogen (secondary N) is 1. The summed E-state index contributed by atoms with van der Waals surface area (Å²) in [6.07, 6.45) is 3.57. The Morgan fingerprint density at radius 3 is 2.58 bits per heavy atom. The van der Waals surface area contributed by atoms with E-state index in [1.807, 2.05) is 0 Å². The lowest BCUT2D eigenvalue weighted by Gasteiger charge is -2.06. The van der Waals surface area contributed by atoms with Gasteiger partial charge in [0.05, 0.1) is 5.75 Å². The van der Waals surface area contributed by atoms with E-state index in [1.54, 1.807) is 31.3 Å². The summed E-state index contributed by atoms with van der Waals surface area (Å²) in [5, 5.41) is 14.5. The second-order valence-corrected chi connectivity index (χ2v) is 6.32. The summed E-state index contributed by atoms with van der Waals surface area (Å²) in [6.45, 7) is 2.10. The molecule has 0 fully saturated rings. The number of carbonyl (C=O) groups excluding carboxylic acids is 2. The first-order chi connectivity index (χ1) is 11.6. The number of ketones is 1. The van der Waals surface area contributed by atoms with Crippen LogP contribution in [0.25, 0.3) is 0 Å². The van der Waals surface area contributed by atoms with Gasteiger partial charge in [0.1, 0.15) is 0 Å². The molecule has 0 atom stereocenters. The van der Waals surface area contributed by atoms with Gasteiger partial charge in [-0.3, -0.25) is 9.59 Å². The highest BCUT2D eigenvalue weighted by Gasteiger charge is 2.10. The topological polar surface area (TPSA) is 89.8 Å². The molecule has 8 heteroatoms. The predicted molar refractivity (Wildman–Crippen MR) is 93.1 cm³/mol. The number of tetrazole rings is 1. The maximum absolute atomic E-state index is 12.2. The number of amides is 1. The monoisotopic (exact) mass is 347 g/mol. The third-order valence-corrected chi connectivity index (χ3v) is 4.42. The number of unbranched alkanes of at least 4 members (excludes halogenated alkanes) is 2. The van der Waals surface area contributed by atoms with Crippen LogP contribution in [0.1, 0.15) is 43.0 Å². The Balaban J connectivity index is 1.83. The van der Waals surface area contributed by atoms with Crippen LogP contribution in [0.4, 0.5) is 5.69 Å². The molecule has 0 bridgehead atoms. The van der Waals surface area contributed by atoms with Crippen LogP contribution in [0, 0.1) is 0 Å². The van der Waals surface area contributed by atoms with Crippen LogP contribution in [0.15, 0.2) is 29.4 Å². The highest BCUT2D eigenvalue weighted by atomic mass is 32.2. The molecular weight excluding hydrogens is 326 g/mol. The zero-order valence-electron chi connectivity index (χ0n) is 13.9. The molecule has 0 aliphatic carbocycles. The van der Waals surface area contributed by atoms with Crippen molar-refractivity contribution in [1.82, 2.24) is 20.2 Å². The molecule has 2 aromatic rings. The van der Waals surface area contributed by atoms with E-state index in [2.05, 4.69) is 27.8 Å². The van der Waals surface area contributed by atoms with Crippen LogP contribution in [0.2, 0.25) is 0 Å². The van der Waals surface area contributed by atoms with Gasteiger partial charge in [0.15, 0.2) is 5.78 Å². The van der Waals surface area contributed by atoms with Crippen molar-refractivity contribution in [2.75, 3.05) is 11.1 Å².